The van der Waals surface area contributed by atoms with Crippen LogP contribution in [0.15, 0.2) is 48.0 Å². The number of ether oxygens (including phenoxy) is 2. The number of benzene rings is 1. The summed E-state index contributed by atoms with van der Waals surface area (Å²) >= 11 is 1.09. The number of primary amides is 1. The van der Waals surface area contributed by atoms with Crippen molar-refractivity contribution >= 4 is 27.5 Å². The number of thiazole rings is 1. The van der Waals surface area contributed by atoms with Gasteiger partial charge < -0.3 is 14.0 Å². The Bertz CT molecular complexity index is 1190. The van der Waals surface area contributed by atoms with Crippen LogP contribution >= 0.6 is 11.3 Å². The third-order valence-electron chi connectivity index (χ3n) is 4.17. The van der Waals surface area contributed by atoms with E-state index in [1.807, 2.05) is 6.92 Å². The largest absolute Gasteiger partial charge is 0.573 e. The molecule has 0 aliphatic carbocycles. The molecule has 0 fully saturated rings. The molecule has 33 heavy (non-hydrogen) atoms. The van der Waals surface area contributed by atoms with Crippen LogP contribution in [-0.4, -0.2) is 42.0 Å². The van der Waals surface area contributed by atoms with E-state index < -0.39 is 33.1 Å². The molecule has 2 aromatic heterocycles. The standard InChI is InChI=1S/C19H19F3N4O5S2/c1-2-3-8-30-18(27)25-33(28,29)16-5-4-13(31-19(20,21)22)9-15(16)17-24-10-14(32-17)11-26-7-6-23-12-26/h4-7,9-10,12H,2-3,8,11H2,1H3,(H,25,27)/p+1. The SMILES string of the molecule is CCCCOC(=O)[NH2+]S(=O)(=O)c1ccc(OC(F)(F)F)cc1-c1ncc(Cn2ccnc2)s1. The third-order valence-corrected chi connectivity index (χ3v) is 6.65. The summed E-state index contributed by atoms with van der Waals surface area (Å²) in [5.74, 6) is -0.617. The first-order valence-corrected chi connectivity index (χ1v) is 12.0. The molecule has 2 heterocycles. The minimum atomic E-state index is -4.97. The average molecular weight is 506 g/mol. The van der Waals surface area contributed by atoms with Gasteiger partial charge in [-0.25, -0.2) is 9.97 Å². The smallest absolute Gasteiger partial charge is 0.419 e. The van der Waals surface area contributed by atoms with E-state index in [1.165, 1.54) is 6.20 Å². The van der Waals surface area contributed by atoms with Gasteiger partial charge in [0.15, 0.2) is 0 Å². The summed E-state index contributed by atoms with van der Waals surface area (Å²) in [5.41, 5.74) is -0.128. The van der Waals surface area contributed by atoms with Gasteiger partial charge in [-0.2, -0.15) is 13.2 Å². The van der Waals surface area contributed by atoms with Gasteiger partial charge in [0.1, 0.15) is 15.7 Å². The fraction of sp³-hybridized carbons (Fsp3) is 0.316. The number of hydrogen-bond donors (Lipinski definition) is 1. The highest BCUT2D eigenvalue weighted by Crippen LogP contribution is 2.35. The number of unbranched alkanes of at least 4 members (excludes halogenated alkanes) is 1. The number of sulfonamides is 1. The molecule has 3 aromatic rings. The number of rotatable bonds is 9. The Balaban J connectivity index is 1.95. The molecule has 0 saturated heterocycles. The summed E-state index contributed by atoms with van der Waals surface area (Å²) in [5, 5.41) is 0.143. The number of imidazole rings is 1. The second kappa shape index (κ2) is 10.3. The highest BCUT2D eigenvalue weighted by molar-refractivity contribution is 7.85. The summed E-state index contributed by atoms with van der Waals surface area (Å²) in [6.07, 6.45) is 1.63. The van der Waals surface area contributed by atoms with Crippen LogP contribution in [0.25, 0.3) is 10.6 Å². The predicted octanol–water partition coefficient (Wildman–Crippen LogP) is 3.14. The summed E-state index contributed by atoms with van der Waals surface area (Å²) < 4.78 is 74.9. The second-order valence-electron chi connectivity index (χ2n) is 6.76. The number of hydrogen-bond acceptors (Lipinski definition) is 8. The first-order valence-electron chi connectivity index (χ1n) is 9.64. The van der Waals surface area contributed by atoms with Crippen LogP contribution in [0.5, 0.6) is 5.75 Å². The lowest BCUT2D eigenvalue weighted by Gasteiger charge is -2.12. The van der Waals surface area contributed by atoms with Gasteiger partial charge in [0.05, 0.1) is 19.5 Å². The van der Waals surface area contributed by atoms with Crippen LogP contribution in [0, 0.1) is 0 Å². The lowest BCUT2D eigenvalue weighted by molar-refractivity contribution is -0.407. The van der Waals surface area contributed by atoms with Crippen molar-refractivity contribution < 1.29 is 40.6 Å². The number of halogens is 3. The molecule has 0 aliphatic heterocycles. The van der Waals surface area contributed by atoms with Crippen LogP contribution in [-0.2, 0) is 21.3 Å². The molecule has 0 radical (unpaired) electrons. The van der Waals surface area contributed by atoms with Gasteiger partial charge in [-0.15, -0.1) is 29.2 Å². The third kappa shape index (κ3) is 7.00. The molecule has 2 N–H and O–H groups in total. The first kappa shape index (κ1) is 24.7. The molecule has 0 bridgehead atoms. The zero-order chi connectivity index (χ0) is 24.1. The zero-order valence-corrected chi connectivity index (χ0v) is 18.9. The molecule has 1 amide bonds. The molecule has 0 aliphatic rings. The summed E-state index contributed by atoms with van der Waals surface area (Å²) in [4.78, 5) is 20.3. The Morgan fingerprint density at radius 3 is 2.76 bits per heavy atom. The molecule has 9 nitrogen and oxygen atoms in total. The van der Waals surface area contributed by atoms with E-state index >= 15 is 0 Å². The first-order chi connectivity index (χ1) is 15.6. The highest BCUT2D eigenvalue weighted by atomic mass is 32.2. The number of aromatic nitrogens is 3. The molecule has 1 aromatic carbocycles. The molecule has 0 saturated carbocycles. The number of amides is 1. The van der Waals surface area contributed by atoms with Crippen LogP contribution in [0.4, 0.5) is 18.0 Å². The summed E-state index contributed by atoms with van der Waals surface area (Å²) in [7, 11) is -4.36. The normalized spacial score (nSPS) is 12.0. The van der Waals surface area contributed by atoms with Gasteiger partial charge in [0.25, 0.3) is 0 Å². The Morgan fingerprint density at radius 1 is 1.30 bits per heavy atom. The van der Waals surface area contributed by atoms with Crippen LogP contribution < -0.4 is 9.46 Å². The van der Waals surface area contributed by atoms with Crippen molar-refractivity contribution in [2.24, 2.45) is 0 Å². The van der Waals surface area contributed by atoms with Crippen molar-refractivity contribution in [1.29, 1.82) is 0 Å². The maximum absolute atomic E-state index is 12.9. The van der Waals surface area contributed by atoms with Crippen LogP contribution in [0.2, 0.25) is 0 Å². The zero-order valence-electron chi connectivity index (χ0n) is 17.3. The number of nitrogens with two attached hydrogens (primary N) is 1. The maximum Gasteiger partial charge on any atom is 0.573 e. The maximum atomic E-state index is 12.9. The molecular weight excluding hydrogens is 485 g/mol. The van der Waals surface area contributed by atoms with Crippen molar-refractivity contribution in [2.45, 2.75) is 37.6 Å². The Kier molecular flexibility index (Phi) is 7.71. The number of primary sulfonamides is 1. The van der Waals surface area contributed by atoms with Gasteiger partial charge in [-0.05, 0) is 24.6 Å². The van der Waals surface area contributed by atoms with Gasteiger partial charge in [-0.1, -0.05) is 13.3 Å². The lowest BCUT2D eigenvalue weighted by atomic mass is 10.2. The van der Waals surface area contributed by atoms with Gasteiger partial charge in [-0.3, -0.25) is 0 Å². The summed E-state index contributed by atoms with van der Waals surface area (Å²) in [6, 6.07) is 2.73. The van der Waals surface area contributed by atoms with E-state index in [0.29, 0.717) is 22.6 Å². The van der Waals surface area contributed by atoms with Crippen molar-refractivity contribution in [1.82, 2.24) is 14.5 Å². The average Bonchev–Trinajstić information content (AvgIpc) is 3.39. The molecule has 3 rings (SSSR count). The van der Waals surface area contributed by atoms with Crippen molar-refractivity contribution in [3.8, 4) is 16.3 Å². The summed E-state index contributed by atoms with van der Waals surface area (Å²) in [6.45, 7) is 2.31. The van der Waals surface area contributed by atoms with Crippen molar-refractivity contribution in [2.75, 3.05) is 6.61 Å². The lowest BCUT2D eigenvalue weighted by Crippen LogP contribution is -2.90. The Labute approximate surface area is 191 Å². The van der Waals surface area contributed by atoms with E-state index in [2.05, 4.69) is 14.7 Å². The minimum absolute atomic E-state index is 0.0522. The monoisotopic (exact) mass is 505 g/mol. The molecular formula is C19H20F3N4O5S2+. The number of quaternary nitrogens is 1. The van der Waals surface area contributed by atoms with E-state index in [4.69, 9.17) is 4.74 Å². The molecule has 0 unspecified atom stereocenters. The van der Waals surface area contributed by atoms with E-state index in [9.17, 15) is 26.4 Å². The van der Waals surface area contributed by atoms with Crippen LogP contribution in [0.3, 0.4) is 0 Å². The highest BCUT2D eigenvalue weighted by Gasteiger charge is 2.33. The quantitative estimate of drug-likeness (QED) is 0.444. The molecule has 0 spiro atoms. The number of alkyl halides is 3. The number of carbonyl (C=O) groups is 1. The van der Waals surface area contributed by atoms with E-state index in [0.717, 1.165) is 36.0 Å². The molecule has 0 atom stereocenters. The Hall–Kier alpha value is -2.97. The Morgan fingerprint density at radius 2 is 2.09 bits per heavy atom. The topological polar surface area (TPSA) is 117 Å². The van der Waals surface area contributed by atoms with Gasteiger partial charge in [0, 0.05) is 29.0 Å². The second-order valence-corrected chi connectivity index (χ2v) is 9.64. The van der Waals surface area contributed by atoms with Gasteiger partial charge in [0.2, 0.25) is 0 Å². The predicted molar refractivity (Wildman–Crippen MR) is 111 cm³/mol. The van der Waals surface area contributed by atoms with Gasteiger partial charge >= 0.3 is 22.5 Å². The van der Waals surface area contributed by atoms with Crippen molar-refractivity contribution in [3.63, 3.8) is 0 Å². The van der Waals surface area contributed by atoms with E-state index in [-0.39, 0.29) is 17.2 Å². The fourth-order valence-corrected chi connectivity index (χ4v) is 4.91. The fourth-order valence-electron chi connectivity index (χ4n) is 2.73. The van der Waals surface area contributed by atoms with E-state index in [1.54, 1.807) is 23.3 Å². The molecule has 14 heteroatoms. The number of carbonyl (C=O) groups excluding carboxylic acids is 1. The molecule has 178 valence electrons. The number of nitrogens with zero attached hydrogens (tertiary/aromatic N) is 3. The minimum Gasteiger partial charge on any atom is -0.419 e. The van der Waals surface area contributed by atoms with Crippen molar-refractivity contribution in [3.05, 3.63) is 48.0 Å². The van der Waals surface area contributed by atoms with Crippen LogP contribution in [0.1, 0.15) is 24.6 Å².